The zero-order valence-electron chi connectivity index (χ0n) is 13.3. The number of hydrogen-bond acceptors (Lipinski definition) is 2. The smallest absolute Gasteiger partial charge is 0.224 e. The van der Waals surface area contributed by atoms with Gasteiger partial charge < -0.3 is 16.4 Å². The lowest BCUT2D eigenvalue weighted by molar-refractivity contribution is -0.116. The first kappa shape index (κ1) is 16.5. The quantitative estimate of drug-likeness (QED) is 0.565. The molecule has 0 atom stereocenters. The van der Waals surface area contributed by atoms with Gasteiger partial charge in [0.1, 0.15) is 0 Å². The normalized spacial score (nSPS) is 11.1. The summed E-state index contributed by atoms with van der Waals surface area (Å²) in [5, 5.41) is 5.89. The fraction of sp³-hybridized carbons (Fsp3) is 0.222. The largest absolute Gasteiger partial charge is 0.370 e. The van der Waals surface area contributed by atoms with Crippen LogP contribution in [-0.2, 0) is 11.3 Å². The third-order valence-corrected chi connectivity index (χ3v) is 3.19. The zero-order chi connectivity index (χ0) is 16.5. The highest BCUT2D eigenvalue weighted by atomic mass is 16.1. The third kappa shape index (κ3) is 5.82. The number of rotatable bonds is 6. The first-order valence-electron chi connectivity index (χ1n) is 7.68. The molecule has 0 aromatic heterocycles. The zero-order valence-corrected chi connectivity index (χ0v) is 13.3. The van der Waals surface area contributed by atoms with Crippen LogP contribution in [-0.4, -0.2) is 11.9 Å². The Labute approximate surface area is 136 Å². The number of nitrogens with zero attached hydrogens (tertiary/aromatic N) is 1. The van der Waals surface area contributed by atoms with Crippen molar-refractivity contribution in [3.8, 4) is 0 Å². The van der Waals surface area contributed by atoms with E-state index in [1.807, 2.05) is 61.5 Å². The molecule has 0 aliphatic heterocycles. The van der Waals surface area contributed by atoms with Gasteiger partial charge in [0.15, 0.2) is 5.96 Å². The summed E-state index contributed by atoms with van der Waals surface area (Å²) in [4.78, 5) is 15.8. The minimum atomic E-state index is 0.0366. The van der Waals surface area contributed by atoms with Crippen molar-refractivity contribution < 1.29 is 4.79 Å². The standard InChI is InChI=1S/C18H22N4O/c1-2-6-17(23)21-16-11-9-14(10-12-16)13-20-18(19)22-15-7-4-3-5-8-15/h3-5,7-12H,2,6,13H2,1H3,(H,21,23)(H3,19,20,22). The predicted octanol–water partition coefficient (Wildman–Crippen LogP) is 3.35. The number of carbonyl (C=O) groups excluding carboxylic acids is 1. The van der Waals surface area contributed by atoms with Gasteiger partial charge in [-0.2, -0.15) is 0 Å². The molecule has 5 nitrogen and oxygen atoms in total. The summed E-state index contributed by atoms with van der Waals surface area (Å²) < 4.78 is 0. The number of anilines is 2. The van der Waals surface area contributed by atoms with Crippen LogP contribution in [0.1, 0.15) is 25.3 Å². The number of para-hydroxylation sites is 1. The van der Waals surface area contributed by atoms with E-state index in [0.717, 1.165) is 23.4 Å². The van der Waals surface area contributed by atoms with Crippen molar-refractivity contribution in [2.45, 2.75) is 26.3 Å². The fourth-order valence-electron chi connectivity index (χ4n) is 2.03. The SMILES string of the molecule is CCCC(=O)Nc1ccc(CN=C(N)Nc2ccccc2)cc1. The van der Waals surface area contributed by atoms with Gasteiger partial charge >= 0.3 is 0 Å². The Kier molecular flexibility index (Phi) is 6.17. The molecule has 0 bridgehead atoms. The number of amides is 1. The van der Waals surface area contributed by atoms with Gasteiger partial charge in [-0.05, 0) is 36.2 Å². The van der Waals surface area contributed by atoms with E-state index < -0.39 is 0 Å². The van der Waals surface area contributed by atoms with E-state index in [1.165, 1.54) is 0 Å². The Morgan fingerprint density at radius 3 is 2.30 bits per heavy atom. The molecule has 1 amide bonds. The molecular formula is C18H22N4O. The van der Waals surface area contributed by atoms with E-state index in [-0.39, 0.29) is 5.91 Å². The predicted molar refractivity (Wildman–Crippen MR) is 95.4 cm³/mol. The van der Waals surface area contributed by atoms with E-state index in [1.54, 1.807) is 0 Å². The molecule has 23 heavy (non-hydrogen) atoms. The molecule has 0 saturated heterocycles. The first-order valence-corrected chi connectivity index (χ1v) is 7.68. The Hall–Kier alpha value is -2.82. The van der Waals surface area contributed by atoms with Crippen molar-refractivity contribution in [3.05, 3.63) is 60.2 Å². The van der Waals surface area contributed by atoms with Crippen LogP contribution >= 0.6 is 0 Å². The van der Waals surface area contributed by atoms with E-state index in [2.05, 4.69) is 15.6 Å². The Bertz CT molecular complexity index is 650. The van der Waals surface area contributed by atoms with Crippen molar-refractivity contribution in [3.63, 3.8) is 0 Å². The second-order valence-electron chi connectivity index (χ2n) is 5.19. The Balaban J connectivity index is 1.88. The average molecular weight is 310 g/mol. The van der Waals surface area contributed by atoms with Crippen molar-refractivity contribution in [1.29, 1.82) is 0 Å². The van der Waals surface area contributed by atoms with Crippen LogP contribution in [0.15, 0.2) is 59.6 Å². The summed E-state index contributed by atoms with van der Waals surface area (Å²) in [6, 6.07) is 17.3. The average Bonchev–Trinajstić information content (AvgIpc) is 2.55. The molecule has 0 spiro atoms. The van der Waals surface area contributed by atoms with Crippen molar-refractivity contribution in [2.75, 3.05) is 10.6 Å². The van der Waals surface area contributed by atoms with Crippen LogP contribution in [0.4, 0.5) is 11.4 Å². The minimum Gasteiger partial charge on any atom is -0.370 e. The highest BCUT2D eigenvalue weighted by Crippen LogP contribution is 2.11. The summed E-state index contributed by atoms with van der Waals surface area (Å²) in [5.74, 6) is 0.408. The van der Waals surface area contributed by atoms with Gasteiger partial charge in [-0.15, -0.1) is 0 Å². The summed E-state index contributed by atoms with van der Waals surface area (Å²) in [5.41, 5.74) is 8.59. The fourth-order valence-corrected chi connectivity index (χ4v) is 2.03. The number of guanidine groups is 1. The lowest BCUT2D eigenvalue weighted by Crippen LogP contribution is -2.22. The molecule has 0 heterocycles. The Morgan fingerprint density at radius 2 is 1.65 bits per heavy atom. The molecule has 2 rings (SSSR count). The second-order valence-corrected chi connectivity index (χ2v) is 5.19. The monoisotopic (exact) mass is 310 g/mol. The molecule has 0 aliphatic rings. The number of carbonyl (C=O) groups is 1. The van der Waals surface area contributed by atoms with Crippen LogP contribution in [0.5, 0.6) is 0 Å². The molecule has 5 heteroatoms. The Morgan fingerprint density at radius 1 is 1.00 bits per heavy atom. The third-order valence-electron chi connectivity index (χ3n) is 3.19. The maximum absolute atomic E-state index is 11.5. The molecule has 0 unspecified atom stereocenters. The second kappa shape index (κ2) is 8.58. The van der Waals surface area contributed by atoms with E-state index in [0.29, 0.717) is 18.9 Å². The molecule has 0 aliphatic carbocycles. The lowest BCUT2D eigenvalue weighted by atomic mass is 10.2. The van der Waals surface area contributed by atoms with E-state index in [9.17, 15) is 4.79 Å². The van der Waals surface area contributed by atoms with Gasteiger partial charge in [0.05, 0.1) is 6.54 Å². The van der Waals surface area contributed by atoms with Gasteiger partial charge in [0, 0.05) is 17.8 Å². The van der Waals surface area contributed by atoms with Crippen molar-refractivity contribution >= 4 is 23.2 Å². The van der Waals surface area contributed by atoms with Gasteiger partial charge in [-0.1, -0.05) is 37.3 Å². The van der Waals surface area contributed by atoms with Crippen LogP contribution in [0.2, 0.25) is 0 Å². The lowest BCUT2D eigenvalue weighted by Gasteiger charge is -2.06. The van der Waals surface area contributed by atoms with E-state index >= 15 is 0 Å². The van der Waals surface area contributed by atoms with E-state index in [4.69, 9.17) is 5.73 Å². The first-order chi connectivity index (χ1) is 11.2. The highest BCUT2D eigenvalue weighted by molar-refractivity contribution is 5.92. The molecule has 120 valence electrons. The molecule has 4 N–H and O–H groups in total. The number of nitrogens with two attached hydrogens (primary N) is 1. The topological polar surface area (TPSA) is 79.5 Å². The van der Waals surface area contributed by atoms with Crippen LogP contribution in [0.25, 0.3) is 0 Å². The summed E-state index contributed by atoms with van der Waals surface area (Å²) in [6.07, 6.45) is 1.38. The summed E-state index contributed by atoms with van der Waals surface area (Å²) in [6.45, 7) is 2.46. The van der Waals surface area contributed by atoms with Crippen LogP contribution in [0, 0.1) is 0 Å². The molecule has 2 aromatic rings. The number of aliphatic imine (C=N–C) groups is 1. The molecule has 0 radical (unpaired) electrons. The minimum absolute atomic E-state index is 0.0366. The van der Waals surface area contributed by atoms with Crippen LogP contribution in [0.3, 0.4) is 0 Å². The highest BCUT2D eigenvalue weighted by Gasteiger charge is 2.01. The van der Waals surface area contributed by atoms with Crippen molar-refractivity contribution in [1.82, 2.24) is 0 Å². The van der Waals surface area contributed by atoms with Gasteiger partial charge in [0.2, 0.25) is 5.91 Å². The summed E-state index contributed by atoms with van der Waals surface area (Å²) >= 11 is 0. The maximum atomic E-state index is 11.5. The van der Waals surface area contributed by atoms with Gasteiger partial charge in [-0.25, -0.2) is 4.99 Å². The van der Waals surface area contributed by atoms with Gasteiger partial charge in [-0.3, -0.25) is 4.79 Å². The number of benzene rings is 2. The van der Waals surface area contributed by atoms with Crippen molar-refractivity contribution in [2.24, 2.45) is 10.7 Å². The number of nitrogens with one attached hydrogen (secondary N) is 2. The number of hydrogen-bond donors (Lipinski definition) is 3. The molecule has 0 saturated carbocycles. The van der Waals surface area contributed by atoms with Gasteiger partial charge in [0.25, 0.3) is 0 Å². The molecule has 2 aromatic carbocycles. The summed E-state index contributed by atoms with van der Waals surface area (Å²) in [7, 11) is 0. The molecular weight excluding hydrogens is 288 g/mol. The molecule has 0 fully saturated rings. The van der Waals surface area contributed by atoms with Crippen LogP contribution < -0.4 is 16.4 Å². The maximum Gasteiger partial charge on any atom is 0.224 e.